The van der Waals surface area contributed by atoms with Crippen LogP contribution in [0.25, 0.3) is 122 Å². The summed E-state index contributed by atoms with van der Waals surface area (Å²) < 4.78 is 0. The summed E-state index contributed by atoms with van der Waals surface area (Å²) in [5, 5.41) is 5.86. The molecule has 0 bridgehead atoms. The van der Waals surface area contributed by atoms with Gasteiger partial charge in [0, 0.05) is 27.6 Å². The van der Waals surface area contributed by atoms with Crippen molar-refractivity contribution in [2.45, 2.75) is 0 Å². The largest absolute Gasteiger partial charge is 0.248 e. The average Bonchev–Trinajstić information content (AvgIpc) is 3.41. The van der Waals surface area contributed by atoms with Gasteiger partial charge in [-0.3, -0.25) is 0 Å². The van der Waals surface area contributed by atoms with E-state index in [0.717, 1.165) is 94.4 Å². The minimum absolute atomic E-state index is 0.681. The molecule has 0 unspecified atom stereocenters. The van der Waals surface area contributed by atoms with E-state index in [1.807, 2.05) is 12.1 Å². The molecule has 12 aromatic rings. The lowest BCUT2D eigenvalue weighted by Gasteiger charge is -2.15. The second-order valence-corrected chi connectivity index (χ2v) is 16.7. The Morgan fingerprint density at radius 1 is 0.227 bits per heavy atom. The van der Waals surface area contributed by atoms with Gasteiger partial charge in [-0.05, 0) is 96.4 Å². The molecule has 0 saturated carbocycles. The lowest BCUT2D eigenvalue weighted by Crippen LogP contribution is -1.97. The Balaban J connectivity index is 0.982. The van der Waals surface area contributed by atoms with Crippen molar-refractivity contribution in [3.8, 4) is 89.7 Å². The monoisotopic (exact) mass is 839 g/mol. The van der Waals surface area contributed by atoms with Crippen LogP contribution >= 0.6 is 0 Å². The molecule has 0 saturated heterocycles. The molecule has 0 aliphatic heterocycles. The molecule has 3 heteroatoms. The number of nitrogens with zero attached hydrogens (tertiary/aromatic N) is 3. The van der Waals surface area contributed by atoms with Crippen molar-refractivity contribution in [3.63, 3.8) is 0 Å². The highest BCUT2D eigenvalue weighted by Gasteiger charge is 2.17. The molecule has 0 aliphatic carbocycles. The number of aromatic nitrogens is 3. The van der Waals surface area contributed by atoms with E-state index in [1.165, 1.54) is 21.9 Å². The van der Waals surface area contributed by atoms with Crippen molar-refractivity contribution in [2.24, 2.45) is 0 Å². The second-order valence-electron chi connectivity index (χ2n) is 16.7. The van der Waals surface area contributed by atoms with Crippen LogP contribution in [0, 0.1) is 0 Å². The summed E-state index contributed by atoms with van der Waals surface area (Å²) in [6, 6.07) is 88.2. The highest BCUT2D eigenvalue weighted by atomic mass is 14.9. The standard InChI is InChI=1S/C63H41N3/c1-4-16-42(17-5-1)48-23-14-25-50(38-48)60-41-61(66-63(65-60)51-26-15-24-49(39-51)43-18-6-2-7-19-43)56-36-35-52(54-28-12-13-29-55(54)56)45-30-32-46(33-31-45)57-40-59(47-21-8-3-9-22-47)64-58-37-34-44-20-10-11-27-53(44)62(57)58/h1-41H. The third-order valence-electron chi connectivity index (χ3n) is 12.7. The lowest BCUT2D eigenvalue weighted by molar-refractivity contribution is 1.18. The molecule has 0 spiro atoms. The fraction of sp³-hybridized carbons (Fsp3) is 0. The quantitative estimate of drug-likeness (QED) is 0.143. The molecule has 2 heterocycles. The Morgan fingerprint density at radius 3 is 1.39 bits per heavy atom. The summed E-state index contributed by atoms with van der Waals surface area (Å²) in [5.74, 6) is 0.681. The van der Waals surface area contributed by atoms with E-state index in [9.17, 15) is 0 Å². The Bertz CT molecular complexity index is 3630. The van der Waals surface area contributed by atoms with Gasteiger partial charge >= 0.3 is 0 Å². The number of fused-ring (bicyclic) bond motifs is 4. The Morgan fingerprint density at radius 2 is 0.712 bits per heavy atom. The number of hydrogen-bond acceptors (Lipinski definition) is 3. The van der Waals surface area contributed by atoms with Crippen LogP contribution in [0.4, 0.5) is 0 Å². The van der Waals surface area contributed by atoms with E-state index < -0.39 is 0 Å². The zero-order chi connectivity index (χ0) is 43.8. The molecule has 66 heavy (non-hydrogen) atoms. The van der Waals surface area contributed by atoms with E-state index in [-0.39, 0.29) is 0 Å². The van der Waals surface area contributed by atoms with E-state index in [4.69, 9.17) is 15.0 Å². The summed E-state index contributed by atoms with van der Waals surface area (Å²) >= 11 is 0. The fourth-order valence-electron chi connectivity index (χ4n) is 9.41. The maximum atomic E-state index is 5.37. The van der Waals surface area contributed by atoms with Crippen LogP contribution in [0.1, 0.15) is 0 Å². The first-order chi connectivity index (χ1) is 32.7. The van der Waals surface area contributed by atoms with Gasteiger partial charge in [0.25, 0.3) is 0 Å². The van der Waals surface area contributed by atoms with E-state index in [0.29, 0.717) is 5.82 Å². The molecule has 10 aromatic carbocycles. The Kier molecular flexibility index (Phi) is 9.85. The summed E-state index contributed by atoms with van der Waals surface area (Å²) in [4.78, 5) is 15.8. The minimum atomic E-state index is 0.681. The number of rotatable bonds is 8. The maximum Gasteiger partial charge on any atom is 0.160 e. The van der Waals surface area contributed by atoms with Gasteiger partial charge in [-0.1, -0.05) is 218 Å². The van der Waals surface area contributed by atoms with Gasteiger partial charge in [-0.15, -0.1) is 0 Å². The molecule has 308 valence electrons. The normalized spacial score (nSPS) is 11.3. The molecule has 3 nitrogen and oxygen atoms in total. The first-order valence-corrected chi connectivity index (χ1v) is 22.4. The van der Waals surface area contributed by atoms with Gasteiger partial charge in [-0.2, -0.15) is 0 Å². The van der Waals surface area contributed by atoms with Gasteiger partial charge in [0.2, 0.25) is 0 Å². The summed E-state index contributed by atoms with van der Waals surface area (Å²) in [5.41, 5.74) is 17.0. The third-order valence-corrected chi connectivity index (χ3v) is 12.7. The first kappa shape index (κ1) is 38.9. The first-order valence-electron chi connectivity index (χ1n) is 22.4. The molecule has 12 rings (SSSR count). The predicted octanol–water partition coefficient (Wildman–Crippen LogP) is 16.7. The maximum absolute atomic E-state index is 5.37. The van der Waals surface area contributed by atoms with Crippen LogP contribution in [-0.2, 0) is 0 Å². The zero-order valence-corrected chi connectivity index (χ0v) is 36.0. The third kappa shape index (κ3) is 7.29. The molecule has 0 radical (unpaired) electrons. The van der Waals surface area contributed by atoms with Crippen molar-refractivity contribution in [3.05, 3.63) is 249 Å². The smallest absolute Gasteiger partial charge is 0.160 e. The Hall–Kier alpha value is -8.79. The van der Waals surface area contributed by atoms with Gasteiger partial charge in [-0.25, -0.2) is 15.0 Å². The molecule has 0 aliphatic rings. The van der Waals surface area contributed by atoms with Crippen LogP contribution < -0.4 is 0 Å². The van der Waals surface area contributed by atoms with E-state index in [2.05, 4.69) is 237 Å². The van der Waals surface area contributed by atoms with Gasteiger partial charge in [0.1, 0.15) is 0 Å². The summed E-state index contributed by atoms with van der Waals surface area (Å²) in [6.07, 6.45) is 0. The Labute approximate surface area is 384 Å². The number of hydrogen-bond donors (Lipinski definition) is 0. The highest BCUT2D eigenvalue weighted by molar-refractivity contribution is 6.14. The minimum Gasteiger partial charge on any atom is -0.248 e. The average molecular weight is 840 g/mol. The lowest BCUT2D eigenvalue weighted by atomic mass is 9.91. The van der Waals surface area contributed by atoms with Crippen LogP contribution in [0.2, 0.25) is 0 Å². The molecule has 2 aromatic heterocycles. The molecule has 0 atom stereocenters. The molecule has 0 amide bonds. The van der Waals surface area contributed by atoms with Gasteiger partial charge < -0.3 is 0 Å². The SMILES string of the molecule is c1ccc(-c2cccc(-c3cc(-c4ccc(-c5ccc(-c6cc(-c7ccccc7)nc7ccc8ccccc8c67)cc5)c5ccccc45)nc(-c4cccc(-c5ccccc5)c4)n3)c2)cc1. The van der Waals surface area contributed by atoms with Gasteiger partial charge in [0.05, 0.1) is 22.6 Å². The van der Waals surface area contributed by atoms with Crippen LogP contribution in [0.15, 0.2) is 249 Å². The topological polar surface area (TPSA) is 38.7 Å². The zero-order valence-electron chi connectivity index (χ0n) is 36.0. The van der Waals surface area contributed by atoms with E-state index >= 15 is 0 Å². The van der Waals surface area contributed by atoms with Crippen molar-refractivity contribution in [1.29, 1.82) is 0 Å². The van der Waals surface area contributed by atoms with Crippen LogP contribution in [-0.4, -0.2) is 15.0 Å². The summed E-state index contributed by atoms with van der Waals surface area (Å²) in [7, 11) is 0. The highest BCUT2D eigenvalue weighted by Crippen LogP contribution is 2.41. The van der Waals surface area contributed by atoms with Crippen LogP contribution in [0.3, 0.4) is 0 Å². The molecular formula is C63H41N3. The fourth-order valence-corrected chi connectivity index (χ4v) is 9.41. The van der Waals surface area contributed by atoms with E-state index in [1.54, 1.807) is 0 Å². The molecular weight excluding hydrogens is 799 g/mol. The molecule has 0 fully saturated rings. The predicted molar refractivity (Wildman–Crippen MR) is 276 cm³/mol. The van der Waals surface area contributed by atoms with Crippen molar-refractivity contribution in [1.82, 2.24) is 15.0 Å². The van der Waals surface area contributed by atoms with Crippen molar-refractivity contribution in [2.75, 3.05) is 0 Å². The van der Waals surface area contributed by atoms with Gasteiger partial charge in [0.15, 0.2) is 5.82 Å². The summed E-state index contributed by atoms with van der Waals surface area (Å²) in [6.45, 7) is 0. The molecule has 0 N–H and O–H groups in total. The van der Waals surface area contributed by atoms with Crippen LogP contribution in [0.5, 0.6) is 0 Å². The number of benzene rings is 10. The van der Waals surface area contributed by atoms with Crippen molar-refractivity contribution >= 4 is 32.4 Å². The second kappa shape index (κ2) is 16.7. The van der Waals surface area contributed by atoms with Crippen molar-refractivity contribution < 1.29 is 0 Å². The number of pyridine rings is 1.